The third kappa shape index (κ3) is 2.41. The Labute approximate surface area is 108 Å². The maximum Gasteiger partial charge on any atom is 0.101 e. The van der Waals surface area contributed by atoms with E-state index in [9.17, 15) is 0 Å². The lowest BCUT2D eigenvalue weighted by Crippen LogP contribution is -2.10. The molecule has 0 atom stereocenters. The standard InChI is InChI=1S/C16H16N2/c1-16(2,3)14-8-6-12(7-9-14)15-13(11-17)5-4-10-18-15/h4-10H,1-3H3. The van der Waals surface area contributed by atoms with Gasteiger partial charge in [0.15, 0.2) is 0 Å². The average molecular weight is 236 g/mol. The first kappa shape index (κ1) is 12.3. The molecule has 0 radical (unpaired) electrons. The van der Waals surface area contributed by atoms with Gasteiger partial charge in [-0.2, -0.15) is 5.26 Å². The van der Waals surface area contributed by atoms with Crippen LogP contribution in [0.25, 0.3) is 11.3 Å². The molecule has 0 aliphatic carbocycles. The Morgan fingerprint density at radius 3 is 2.28 bits per heavy atom. The maximum atomic E-state index is 9.07. The summed E-state index contributed by atoms with van der Waals surface area (Å²) in [7, 11) is 0. The normalized spacial score (nSPS) is 11.0. The Hall–Kier alpha value is -2.14. The van der Waals surface area contributed by atoms with E-state index < -0.39 is 0 Å². The smallest absolute Gasteiger partial charge is 0.101 e. The van der Waals surface area contributed by atoms with Gasteiger partial charge >= 0.3 is 0 Å². The fraction of sp³-hybridized carbons (Fsp3) is 0.250. The van der Waals surface area contributed by atoms with Gasteiger partial charge in [-0.1, -0.05) is 45.0 Å². The fourth-order valence-electron chi connectivity index (χ4n) is 1.85. The van der Waals surface area contributed by atoms with Gasteiger partial charge in [-0.15, -0.1) is 0 Å². The number of aromatic nitrogens is 1. The van der Waals surface area contributed by atoms with Crippen molar-refractivity contribution >= 4 is 0 Å². The first-order valence-electron chi connectivity index (χ1n) is 5.98. The number of rotatable bonds is 1. The van der Waals surface area contributed by atoms with Crippen LogP contribution in [0, 0.1) is 11.3 Å². The van der Waals surface area contributed by atoms with E-state index in [1.165, 1.54) is 5.56 Å². The van der Waals surface area contributed by atoms with E-state index in [4.69, 9.17) is 5.26 Å². The summed E-state index contributed by atoms with van der Waals surface area (Å²) in [5, 5.41) is 9.07. The summed E-state index contributed by atoms with van der Waals surface area (Å²) in [6.45, 7) is 6.55. The summed E-state index contributed by atoms with van der Waals surface area (Å²) < 4.78 is 0. The molecule has 0 aliphatic heterocycles. The van der Waals surface area contributed by atoms with E-state index in [2.05, 4.69) is 44.0 Å². The topological polar surface area (TPSA) is 36.7 Å². The largest absolute Gasteiger partial charge is 0.255 e. The predicted octanol–water partition coefficient (Wildman–Crippen LogP) is 3.92. The summed E-state index contributed by atoms with van der Waals surface area (Å²) >= 11 is 0. The zero-order valence-corrected chi connectivity index (χ0v) is 10.9. The molecule has 0 fully saturated rings. The van der Waals surface area contributed by atoms with Gasteiger partial charge in [0.05, 0.1) is 11.3 Å². The van der Waals surface area contributed by atoms with Crippen molar-refractivity contribution in [3.05, 3.63) is 53.7 Å². The minimum absolute atomic E-state index is 0.140. The van der Waals surface area contributed by atoms with Crippen LogP contribution < -0.4 is 0 Å². The van der Waals surface area contributed by atoms with Crippen molar-refractivity contribution in [1.29, 1.82) is 5.26 Å². The number of pyridine rings is 1. The molecule has 0 saturated heterocycles. The summed E-state index contributed by atoms with van der Waals surface area (Å²) in [5.41, 5.74) is 3.77. The van der Waals surface area contributed by atoms with Crippen molar-refractivity contribution in [3.8, 4) is 17.3 Å². The SMILES string of the molecule is CC(C)(C)c1ccc(-c2ncccc2C#N)cc1. The third-order valence-corrected chi connectivity index (χ3v) is 2.95. The number of hydrogen-bond donors (Lipinski definition) is 0. The molecular formula is C16H16N2. The molecule has 2 aromatic rings. The quantitative estimate of drug-likeness (QED) is 0.752. The van der Waals surface area contributed by atoms with Crippen molar-refractivity contribution in [3.63, 3.8) is 0 Å². The zero-order valence-electron chi connectivity index (χ0n) is 10.9. The van der Waals surface area contributed by atoms with Crippen LogP contribution in [0.3, 0.4) is 0 Å². The molecule has 0 N–H and O–H groups in total. The Morgan fingerprint density at radius 1 is 1.06 bits per heavy atom. The van der Waals surface area contributed by atoms with Gasteiger partial charge < -0.3 is 0 Å². The minimum atomic E-state index is 0.140. The molecule has 1 aromatic carbocycles. The Balaban J connectivity index is 2.45. The molecule has 2 nitrogen and oxygen atoms in total. The van der Waals surface area contributed by atoms with E-state index in [-0.39, 0.29) is 5.41 Å². The van der Waals surface area contributed by atoms with Crippen LogP contribution >= 0.6 is 0 Å². The highest BCUT2D eigenvalue weighted by molar-refractivity contribution is 5.66. The van der Waals surface area contributed by atoms with Crippen LogP contribution in [0.2, 0.25) is 0 Å². The highest BCUT2D eigenvalue weighted by atomic mass is 14.7. The van der Waals surface area contributed by atoms with Crippen LogP contribution in [-0.4, -0.2) is 4.98 Å². The van der Waals surface area contributed by atoms with Gasteiger partial charge in [0.25, 0.3) is 0 Å². The molecule has 0 unspecified atom stereocenters. The maximum absolute atomic E-state index is 9.07. The van der Waals surface area contributed by atoms with Crippen LogP contribution in [0.5, 0.6) is 0 Å². The van der Waals surface area contributed by atoms with E-state index in [1.807, 2.05) is 12.1 Å². The monoisotopic (exact) mass is 236 g/mol. The van der Waals surface area contributed by atoms with Crippen molar-refractivity contribution in [2.75, 3.05) is 0 Å². The number of benzene rings is 1. The summed E-state index contributed by atoms with van der Waals surface area (Å²) in [6.07, 6.45) is 1.72. The van der Waals surface area contributed by atoms with E-state index >= 15 is 0 Å². The highest BCUT2D eigenvalue weighted by Gasteiger charge is 2.13. The van der Waals surface area contributed by atoms with E-state index in [1.54, 1.807) is 18.3 Å². The van der Waals surface area contributed by atoms with E-state index in [0.29, 0.717) is 5.56 Å². The molecule has 2 heteroatoms. The highest BCUT2D eigenvalue weighted by Crippen LogP contribution is 2.26. The lowest BCUT2D eigenvalue weighted by Gasteiger charge is -2.19. The van der Waals surface area contributed by atoms with Crippen molar-refractivity contribution in [2.24, 2.45) is 0 Å². The Morgan fingerprint density at radius 2 is 1.72 bits per heavy atom. The number of nitrogens with zero attached hydrogens (tertiary/aromatic N) is 2. The molecule has 0 aliphatic rings. The molecule has 0 saturated carbocycles. The number of nitriles is 1. The second kappa shape index (κ2) is 4.62. The molecule has 0 bridgehead atoms. The summed E-state index contributed by atoms with van der Waals surface area (Å²) in [5.74, 6) is 0. The van der Waals surface area contributed by atoms with Crippen molar-refractivity contribution in [1.82, 2.24) is 4.98 Å². The summed E-state index contributed by atoms with van der Waals surface area (Å²) in [4.78, 5) is 4.29. The van der Waals surface area contributed by atoms with Crippen LogP contribution in [0.1, 0.15) is 31.9 Å². The van der Waals surface area contributed by atoms with E-state index in [0.717, 1.165) is 11.3 Å². The minimum Gasteiger partial charge on any atom is -0.255 e. The van der Waals surface area contributed by atoms with Crippen LogP contribution in [-0.2, 0) is 5.41 Å². The van der Waals surface area contributed by atoms with Crippen molar-refractivity contribution in [2.45, 2.75) is 26.2 Å². The van der Waals surface area contributed by atoms with Crippen LogP contribution in [0.15, 0.2) is 42.6 Å². The molecule has 1 aromatic heterocycles. The number of hydrogen-bond acceptors (Lipinski definition) is 2. The molecule has 1 heterocycles. The average Bonchev–Trinajstić information content (AvgIpc) is 2.38. The van der Waals surface area contributed by atoms with Gasteiger partial charge in [-0.25, -0.2) is 0 Å². The second-order valence-electron chi connectivity index (χ2n) is 5.34. The first-order valence-corrected chi connectivity index (χ1v) is 5.98. The summed E-state index contributed by atoms with van der Waals surface area (Å²) in [6, 6.07) is 14.0. The predicted molar refractivity (Wildman–Crippen MR) is 73.1 cm³/mol. The van der Waals surface area contributed by atoms with Gasteiger partial charge in [-0.3, -0.25) is 4.98 Å². The fourth-order valence-corrected chi connectivity index (χ4v) is 1.85. The lowest BCUT2D eigenvalue weighted by molar-refractivity contribution is 0.590. The Bertz CT molecular complexity index is 584. The molecule has 2 rings (SSSR count). The molecule has 0 amide bonds. The third-order valence-electron chi connectivity index (χ3n) is 2.95. The van der Waals surface area contributed by atoms with Gasteiger partial charge in [0.1, 0.15) is 6.07 Å². The molecular weight excluding hydrogens is 220 g/mol. The van der Waals surface area contributed by atoms with Gasteiger partial charge in [0.2, 0.25) is 0 Å². The van der Waals surface area contributed by atoms with Crippen LogP contribution in [0.4, 0.5) is 0 Å². The molecule has 18 heavy (non-hydrogen) atoms. The van der Waals surface area contributed by atoms with Crippen molar-refractivity contribution < 1.29 is 0 Å². The van der Waals surface area contributed by atoms with Gasteiger partial charge in [-0.05, 0) is 23.1 Å². The molecule has 90 valence electrons. The van der Waals surface area contributed by atoms with Gasteiger partial charge in [0, 0.05) is 11.8 Å². The Kier molecular flexibility index (Phi) is 3.16. The first-order chi connectivity index (χ1) is 8.52. The zero-order chi connectivity index (χ0) is 13.2. The second-order valence-corrected chi connectivity index (χ2v) is 5.34. The lowest BCUT2D eigenvalue weighted by atomic mass is 9.86. The molecule has 0 spiro atoms.